The maximum absolute atomic E-state index is 12.3. The third-order valence-electron chi connectivity index (χ3n) is 4.02. The maximum atomic E-state index is 12.3. The predicted molar refractivity (Wildman–Crippen MR) is 99.5 cm³/mol. The van der Waals surface area contributed by atoms with Crippen molar-refractivity contribution in [3.05, 3.63) is 47.8 Å². The lowest BCUT2D eigenvalue weighted by molar-refractivity contribution is -0.0432. The van der Waals surface area contributed by atoms with Crippen LogP contribution in [0.25, 0.3) is 0 Å². The van der Waals surface area contributed by atoms with Crippen molar-refractivity contribution in [3.63, 3.8) is 0 Å². The van der Waals surface area contributed by atoms with E-state index in [0.29, 0.717) is 30.9 Å². The molecule has 0 aliphatic carbocycles. The Balaban J connectivity index is 1.61. The molecule has 0 unspecified atom stereocenters. The highest BCUT2D eigenvalue weighted by molar-refractivity contribution is 6.03. The van der Waals surface area contributed by atoms with Gasteiger partial charge >= 0.3 is 6.09 Å². The molecule has 2 N–H and O–H groups in total. The topological polar surface area (TPSA) is 96.6 Å². The summed E-state index contributed by atoms with van der Waals surface area (Å²) >= 11 is 0. The van der Waals surface area contributed by atoms with Crippen LogP contribution in [0.5, 0.6) is 0 Å². The first-order valence-electron chi connectivity index (χ1n) is 8.81. The summed E-state index contributed by atoms with van der Waals surface area (Å²) < 4.78 is 11.2. The van der Waals surface area contributed by atoms with Gasteiger partial charge in [0.15, 0.2) is 0 Å². The van der Waals surface area contributed by atoms with Crippen molar-refractivity contribution in [2.45, 2.75) is 32.5 Å². The fraction of sp³-hybridized carbons (Fsp3) is 0.421. The van der Waals surface area contributed by atoms with Crippen molar-refractivity contribution < 1.29 is 19.1 Å². The number of aromatic amines is 1. The smallest absolute Gasteiger partial charge is 0.410 e. The first-order valence-corrected chi connectivity index (χ1v) is 8.81. The van der Waals surface area contributed by atoms with Gasteiger partial charge in [-0.3, -0.25) is 9.89 Å². The van der Waals surface area contributed by atoms with Gasteiger partial charge in [0.1, 0.15) is 11.7 Å². The summed E-state index contributed by atoms with van der Waals surface area (Å²) in [4.78, 5) is 26.0. The van der Waals surface area contributed by atoms with Crippen molar-refractivity contribution in [1.82, 2.24) is 15.1 Å². The zero-order valence-electron chi connectivity index (χ0n) is 15.7. The minimum Gasteiger partial charge on any atom is -0.444 e. The summed E-state index contributed by atoms with van der Waals surface area (Å²) in [5.41, 5.74) is 1.54. The van der Waals surface area contributed by atoms with Crippen molar-refractivity contribution in [2.75, 3.05) is 25.0 Å². The van der Waals surface area contributed by atoms with Gasteiger partial charge in [-0.25, -0.2) is 4.79 Å². The van der Waals surface area contributed by atoms with Gasteiger partial charge in [0.05, 0.1) is 24.9 Å². The largest absolute Gasteiger partial charge is 0.444 e. The molecule has 1 aliphatic rings. The zero-order chi connectivity index (χ0) is 19.4. The van der Waals surface area contributed by atoms with Crippen molar-refractivity contribution in [1.29, 1.82) is 0 Å². The Morgan fingerprint density at radius 2 is 2.04 bits per heavy atom. The van der Waals surface area contributed by atoms with Crippen LogP contribution in [0.15, 0.2) is 36.7 Å². The molecule has 1 aromatic heterocycles. The molecule has 3 rings (SSSR count). The van der Waals surface area contributed by atoms with E-state index >= 15 is 0 Å². The standard InChI is InChI=1S/C19H24N4O4/c1-19(2,3)27-18(25)23-8-9-26-16(12-23)13-4-6-15(7-5-13)22-17(24)14-10-20-21-11-14/h4-7,10-11,16H,8-9,12H2,1-3H3,(H,20,21)(H,22,24)/t16-/m1/s1. The fourth-order valence-corrected chi connectivity index (χ4v) is 2.70. The number of ether oxygens (including phenoxy) is 2. The Kier molecular flexibility index (Phi) is 5.46. The Hall–Kier alpha value is -2.87. The molecule has 1 aromatic carbocycles. The predicted octanol–water partition coefficient (Wildman–Crippen LogP) is 2.97. The molecule has 8 heteroatoms. The van der Waals surface area contributed by atoms with E-state index in [1.807, 2.05) is 45.0 Å². The van der Waals surface area contributed by atoms with Crippen molar-refractivity contribution in [3.8, 4) is 0 Å². The molecule has 0 radical (unpaired) electrons. The van der Waals surface area contributed by atoms with E-state index in [2.05, 4.69) is 15.5 Å². The molecule has 27 heavy (non-hydrogen) atoms. The second-order valence-corrected chi connectivity index (χ2v) is 7.35. The van der Waals surface area contributed by atoms with Crippen LogP contribution in [0.3, 0.4) is 0 Å². The highest BCUT2D eigenvalue weighted by Crippen LogP contribution is 2.25. The number of carbonyl (C=O) groups excluding carboxylic acids is 2. The van der Waals surface area contributed by atoms with Gasteiger partial charge in [0.25, 0.3) is 5.91 Å². The monoisotopic (exact) mass is 372 g/mol. The summed E-state index contributed by atoms with van der Waals surface area (Å²) in [6, 6.07) is 7.38. The molecule has 1 fully saturated rings. The highest BCUT2D eigenvalue weighted by Gasteiger charge is 2.28. The lowest BCUT2D eigenvalue weighted by Gasteiger charge is -2.34. The quantitative estimate of drug-likeness (QED) is 0.863. The summed E-state index contributed by atoms with van der Waals surface area (Å²) in [6.45, 7) is 6.92. The Bertz CT molecular complexity index is 781. The van der Waals surface area contributed by atoms with Crippen LogP contribution in [0.2, 0.25) is 0 Å². The van der Waals surface area contributed by atoms with E-state index in [-0.39, 0.29) is 18.1 Å². The average Bonchev–Trinajstić information content (AvgIpc) is 3.16. The molecule has 1 saturated heterocycles. The van der Waals surface area contributed by atoms with E-state index in [0.717, 1.165) is 5.56 Å². The van der Waals surface area contributed by atoms with Crippen LogP contribution in [0.1, 0.15) is 42.8 Å². The van der Waals surface area contributed by atoms with E-state index in [1.165, 1.54) is 12.4 Å². The number of rotatable bonds is 3. The van der Waals surface area contributed by atoms with Crippen LogP contribution in [-0.2, 0) is 9.47 Å². The van der Waals surface area contributed by atoms with Crippen LogP contribution < -0.4 is 5.32 Å². The van der Waals surface area contributed by atoms with Crippen LogP contribution in [-0.4, -0.2) is 52.4 Å². The number of nitrogens with zero attached hydrogens (tertiary/aromatic N) is 2. The van der Waals surface area contributed by atoms with Crippen LogP contribution in [0.4, 0.5) is 10.5 Å². The van der Waals surface area contributed by atoms with Crippen molar-refractivity contribution in [2.24, 2.45) is 0 Å². The summed E-state index contributed by atoms with van der Waals surface area (Å²) in [5, 5.41) is 9.17. The van der Waals surface area contributed by atoms with E-state index in [4.69, 9.17) is 9.47 Å². The number of amides is 2. The number of hydrogen-bond acceptors (Lipinski definition) is 5. The van der Waals surface area contributed by atoms with Crippen molar-refractivity contribution >= 4 is 17.7 Å². The molecular formula is C19H24N4O4. The van der Waals surface area contributed by atoms with E-state index < -0.39 is 5.60 Å². The third kappa shape index (κ3) is 5.07. The van der Waals surface area contributed by atoms with Crippen LogP contribution in [0, 0.1) is 0 Å². The second kappa shape index (κ2) is 7.79. The maximum Gasteiger partial charge on any atom is 0.410 e. The van der Waals surface area contributed by atoms with Gasteiger partial charge in [-0.05, 0) is 38.5 Å². The highest BCUT2D eigenvalue weighted by atomic mass is 16.6. The molecule has 144 valence electrons. The van der Waals surface area contributed by atoms with Crippen LogP contribution >= 0.6 is 0 Å². The van der Waals surface area contributed by atoms with E-state index in [1.54, 1.807) is 4.90 Å². The number of H-pyrrole nitrogens is 1. The molecule has 1 aliphatic heterocycles. The summed E-state index contributed by atoms with van der Waals surface area (Å²) in [6.07, 6.45) is 2.43. The number of anilines is 1. The number of aromatic nitrogens is 2. The first-order chi connectivity index (χ1) is 12.8. The molecule has 0 bridgehead atoms. The lowest BCUT2D eigenvalue weighted by atomic mass is 10.1. The lowest BCUT2D eigenvalue weighted by Crippen LogP contribution is -2.44. The SMILES string of the molecule is CC(C)(C)OC(=O)N1CCO[C@@H](c2ccc(NC(=O)c3cn[nH]c3)cc2)C1. The molecular weight excluding hydrogens is 348 g/mol. The third-order valence-corrected chi connectivity index (χ3v) is 4.02. The number of carbonyl (C=O) groups is 2. The van der Waals surface area contributed by atoms with Gasteiger partial charge in [0, 0.05) is 18.4 Å². The molecule has 1 atom stereocenters. The molecule has 2 heterocycles. The van der Waals surface area contributed by atoms with Gasteiger partial charge < -0.3 is 19.7 Å². The fourth-order valence-electron chi connectivity index (χ4n) is 2.70. The Labute approximate surface area is 157 Å². The molecule has 2 amide bonds. The molecule has 8 nitrogen and oxygen atoms in total. The van der Waals surface area contributed by atoms with E-state index in [9.17, 15) is 9.59 Å². The summed E-state index contributed by atoms with van der Waals surface area (Å²) in [7, 11) is 0. The number of hydrogen-bond donors (Lipinski definition) is 2. The number of morpholine rings is 1. The number of nitrogens with one attached hydrogen (secondary N) is 2. The summed E-state index contributed by atoms with van der Waals surface area (Å²) in [5.74, 6) is -0.235. The normalized spacial score (nSPS) is 17.4. The molecule has 0 saturated carbocycles. The Morgan fingerprint density at radius 3 is 2.67 bits per heavy atom. The minimum atomic E-state index is -0.528. The Morgan fingerprint density at radius 1 is 1.30 bits per heavy atom. The minimum absolute atomic E-state index is 0.232. The average molecular weight is 372 g/mol. The van der Waals surface area contributed by atoms with Gasteiger partial charge in [-0.2, -0.15) is 5.10 Å². The second-order valence-electron chi connectivity index (χ2n) is 7.35. The molecule has 0 spiro atoms. The van der Waals surface area contributed by atoms with Gasteiger partial charge in [0.2, 0.25) is 0 Å². The van der Waals surface area contributed by atoms with Gasteiger partial charge in [-0.1, -0.05) is 12.1 Å². The van der Waals surface area contributed by atoms with Gasteiger partial charge in [-0.15, -0.1) is 0 Å². The first kappa shape index (κ1) is 18.9. The number of benzene rings is 1. The zero-order valence-corrected chi connectivity index (χ0v) is 15.7. The molecule has 2 aromatic rings.